The van der Waals surface area contributed by atoms with Gasteiger partial charge in [0.25, 0.3) is 0 Å². The predicted molar refractivity (Wildman–Crippen MR) is 148 cm³/mol. The second-order valence-corrected chi connectivity index (χ2v) is 10.7. The van der Waals surface area contributed by atoms with E-state index in [0.717, 1.165) is 17.7 Å². The quantitative estimate of drug-likeness (QED) is 0.306. The number of nitrogens with zero attached hydrogens (tertiary/aromatic N) is 2. The Morgan fingerprint density at radius 3 is 2.30 bits per heavy atom. The Morgan fingerprint density at radius 1 is 0.977 bits per heavy atom. The zero-order chi connectivity index (χ0) is 30.8. The molecule has 9 nitrogen and oxygen atoms in total. The van der Waals surface area contributed by atoms with Gasteiger partial charge in [-0.1, -0.05) is 24.3 Å². The van der Waals surface area contributed by atoms with E-state index in [-0.39, 0.29) is 31.8 Å². The minimum absolute atomic E-state index is 0.0980. The van der Waals surface area contributed by atoms with Crippen LogP contribution in [0.3, 0.4) is 0 Å². The minimum Gasteiger partial charge on any atom is -0.494 e. The van der Waals surface area contributed by atoms with Gasteiger partial charge < -0.3 is 33.9 Å². The SMILES string of the molecule is CN1C(=O)N(Cc2ccc(C(F)(F)F)cc2)C[C@@H]1CCOc1ccc(C[C@](C)(Oc2ccc3c(c2)OCO3)C(=O)O)cc1. The molecule has 2 aliphatic rings. The highest BCUT2D eigenvalue weighted by molar-refractivity contribution is 5.78. The van der Waals surface area contributed by atoms with Crippen molar-refractivity contribution in [2.45, 2.75) is 44.1 Å². The molecule has 2 aliphatic heterocycles. The van der Waals surface area contributed by atoms with Crippen LogP contribution in [0.2, 0.25) is 0 Å². The number of hydrogen-bond donors (Lipinski definition) is 1. The number of likely N-dealkylation sites (N-methyl/N-ethyl adjacent to an activating group) is 1. The number of carbonyl (C=O) groups excluding carboxylic acids is 1. The van der Waals surface area contributed by atoms with Gasteiger partial charge in [-0.3, -0.25) is 0 Å². The topological polar surface area (TPSA) is 97.8 Å². The van der Waals surface area contributed by atoms with E-state index in [1.807, 2.05) is 0 Å². The van der Waals surface area contributed by atoms with Gasteiger partial charge in [-0.15, -0.1) is 0 Å². The molecule has 1 fully saturated rings. The van der Waals surface area contributed by atoms with Gasteiger partial charge in [0.15, 0.2) is 11.5 Å². The summed E-state index contributed by atoms with van der Waals surface area (Å²) < 4.78 is 60.9. The molecule has 3 aromatic carbocycles. The molecule has 5 rings (SSSR count). The van der Waals surface area contributed by atoms with Crippen LogP contribution in [0, 0.1) is 0 Å². The monoisotopic (exact) mass is 600 g/mol. The number of carboxylic acid groups (broad SMARTS) is 1. The lowest BCUT2D eigenvalue weighted by molar-refractivity contribution is -0.153. The maximum atomic E-state index is 12.8. The molecule has 0 spiro atoms. The largest absolute Gasteiger partial charge is 0.494 e. The number of fused-ring (bicyclic) bond motifs is 1. The number of alkyl halides is 3. The third-order valence-corrected chi connectivity index (χ3v) is 7.53. The van der Waals surface area contributed by atoms with Crippen molar-refractivity contribution in [3.8, 4) is 23.0 Å². The zero-order valence-electron chi connectivity index (χ0n) is 23.6. The fraction of sp³-hybridized carbons (Fsp3) is 0.355. The number of hydrogen-bond acceptors (Lipinski definition) is 6. The molecular formula is C31H31F3N2O7. The molecule has 2 heterocycles. The molecule has 0 saturated carbocycles. The molecular weight excluding hydrogens is 569 g/mol. The average molecular weight is 601 g/mol. The van der Waals surface area contributed by atoms with Crippen LogP contribution in [0.15, 0.2) is 66.7 Å². The van der Waals surface area contributed by atoms with Crippen LogP contribution in [0.4, 0.5) is 18.0 Å². The van der Waals surface area contributed by atoms with Gasteiger partial charge in [0.2, 0.25) is 12.4 Å². The first-order chi connectivity index (χ1) is 20.4. The summed E-state index contributed by atoms with van der Waals surface area (Å²) in [5.74, 6) is 0.884. The van der Waals surface area contributed by atoms with Crippen molar-refractivity contribution in [1.82, 2.24) is 9.80 Å². The number of carbonyl (C=O) groups is 2. The van der Waals surface area contributed by atoms with Crippen molar-refractivity contribution in [3.05, 3.63) is 83.4 Å². The summed E-state index contributed by atoms with van der Waals surface area (Å²) in [7, 11) is 1.69. The second-order valence-electron chi connectivity index (χ2n) is 10.7. The summed E-state index contributed by atoms with van der Waals surface area (Å²) >= 11 is 0. The molecule has 0 radical (unpaired) electrons. The molecule has 1 saturated heterocycles. The molecule has 0 aromatic heterocycles. The van der Waals surface area contributed by atoms with Gasteiger partial charge in [0.1, 0.15) is 11.5 Å². The molecule has 228 valence electrons. The number of ether oxygens (including phenoxy) is 4. The Hall–Kier alpha value is -4.61. The van der Waals surface area contributed by atoms with E-state index in [9.17, 15) is 27.9 Å². The Balaban J connectivity index is 1.12. The van der Waals surface area contributed by atoms with Crippen molar-refractivity contribution in [2.24, 2.45) is 0 Å². The van der Waals surface area contributed by atoms with E-state index in [0.29, 0.717) is 48.1 Å². The summed E-state index contributed by atoms with van der Waals surface area (Å²) in [5.41, 5.74) is -0.915. The Bertz CT molecular complexity index is 1460. The Kier molecular flexibility index (Phi) is 8.30. The molecule has 2 amide bonds. The van der Waals surface area contributed by atoms with E-state index in [4.69, 9.17) is 18.9 Å². The first-order valence-electron chi connectivity index (χ1n) is 13.6. The van der Waals surface area contributed by atoms with Gasteiger partial charge in [0, 0.05) is 39.0 Å². The van der Waals surface area contributed by atoms with Crippen molar-refractivity contribution in [1.29, 1.82) is 0 Å². The summed E-state index contributed by atoms with van der Waals surface area (Å²) in [6.45, 7) is 2.58. The highest BCUT2D eigenvalue weighted by atomic mass is 19.4. The van der Waals surface area contributed by atoms with Crippen molar-refractivity contribution in [3.63, 3.8) is 0 Å². The maximum Gasteiger partial charge on any atom is 0.416 e. The van der Waals surface area contributed by atoms with Crippen molar-refractivity contribution < 1.29 is 46.8 Å². The van der Waals surface area contributed by atoms with E-state index in [1.54, 1.807) is 59.3 Å². The summed E-state index contributed by atoms with van der Waals surface area (Å²) in [4.78, 5) is 28.1. The first kappa shape index (κ1) is 29.9. The van der Waals surface area contributed by atoms with Crippen molar-refractivity contribution in [2.75, 3.05) is 27.0 Å². The predicted octanol–water partition coefficient (Wildman–Crippen LogP) is 5.60. The van der Waals surface area contributed by atoms with Crippen LogP contribution in [-0.4, -0.2) is 65.5 Å². The van der Waals surface area contributed by atoms with E-state index >= 15 is 0 Å². The molecule has 0 aliphatic carbocycles. The van der Waals surface area contributed by atoms with Gasteiger partial charge in [-0.2, -0.15) is 13.2 Å². The number of rotatable bonds is 11. The van der Waals surface area contributed by atoms with Crippen LogP contribution < -0.4 is 18.9 Å². The van der Waals surface area contributed by atoms with Crippen LogP contribution in [0.5, 0.6) is 23.0 Å². The van der Waals surface area contributed by atoms with Crippen LogP contribution in [0.1, 0.15) is 30.0 Å². The van der Waals surface area contributed by atoms with Gasteiger partial charge in [0.05, 0.1) is 18.2 Å². The number of aliphatic carboxylic acids is 1. The molecule has 1 N–H and O–H groups in total. The van der Waals surface area contributed by atoms with Gasteiger partial charge in [-0.05, 0) is 54.4 Å². The van der Waals surface area contributed by atoms with Crippen LogP contribution in [0.25, 0.3) is 0 Å². The first-order valence-corrected chi connectivity index (χ1v) is 13.6. The van der Waals surface area contributed by atoms with Crippen LogP contribution >= 0.6 is 0 Å². The minimum atomic E-state index is -4.41. The fourth-order valence-electron chi connectivity index (χ4n) is 5.03. The lowest BCUT2D eigenvalue weighted by Crippen LogP contribution is -2.43. The van der Waals surface area contributed by atoms with Gasteiger partial charge in [-0.25, -0.2) is 9.59 Å². The number of carboxylic acids is 1. The van der Waals surface area contributed by atoms with E-state index in [1.165, 1.54) is 19.1 Å². The lowest BCUT2D eigenvalue weighted by Gasteiger charge is -2.26. The van der Waals surface area contributed by atoms with Crippen LogP contribution in [-0.2, 0) is 23.9 Å². The lowest BCUT2D eigenvalue weighted by atomic mass is 9.96. The van der Waals surface area contributed by atoms with E-state index < -0.39 is 23.3 Å². The average Bonchev–Trinajstić information content (AvgIpc) is 3.53. The number of urea groups is 1. The molecule has 12 heteroatoms. The fourth-order valence-corrected chi connectivity index (χ4v) is 5.03. The zero-order valence-corrected chi connectivity index (χ0v) is 23.6. The summed E-state index contributed by atoms with van der Waals surface area (Å²) in [6, 6.07) is 16.4. The third kappa shape index (κ3) is 6.90. The van der Waals surface area contributed by atoms with Gasteiger partial charge >= 0.3 is 18.2 Å². The molecule has 0 bridgehead atoms. The molecule has 0 unspecified atom stereocenters. The number of benzene rings is 3. The summed E-state index contributed by atoms with van der Waals surface area (Å²) in [6.07, 6.45) is -3.76. The molecule has 43 heavy (non-hydrogen) atoms. The second kappa shape index (κ2) is 11.9. The summed E-state index contributed by atoms with van der Waals surface area (Å²) in [5, 5.41) is 9.93. The highest BCUT2D eigenvalue weighted by Gasteiger charge is 2.37. The van der Waals surface area contributed by atoms with Crippen molar-refractivity contribution >= 4 is 12.0 Å². The number of halogens is 3. The Morgan fingerprint density at radius 2 is 1.63 bits per heavy atom. The standard InChI is InChI=1S/C31H31F3N2O7/c1-30(28(37)38,43-25-11-12-26-27(15-25)42-19-41-26)16-20-5-9-24(10-6-20)40-14-13-23-18-36(29(39)35(23)2)17-21-3-7-22(8-4-21)31(32,33)34/h3-12,15,23H,13-14,16-19H2,1-2H3,(H,37,38)/t23-,30-/m0/s1. The molecule has 2 atom stereocenters. The van der Waals surface area contributed by atoms with E-state index in [2.05, 4.69) is 0 Å². The number of amides is 2. The smallest absolute Gasteiger partial charge is 0.416 e. The normalized spacial score (nSPS) is 17.6. The third-order valence-electron chi connectivity index (χ3n) is 7.53. The maximum absolute atomic E-state index is 12.8. The highest BCUT2D eigenvalue weighted by Crippen LogP contribution is 2.37. The molecule has 3 aromatic rings. The Labute approximate surface area is 246 Å².